The Hall–Kier alpha value is -3.64. The molecule has 0 bridgehead atoms. The van der Waals surface area contributed by atoms with Crippen molar-refractivity contribution in [2.45, 2.75) is 13.0 Å². The Balaban J connectivity index is 1.26. The van der Waals surface area contributed by atoms with Crippen LogP contribution in [-0.4, -0.2) is 54.4 Å². The highest BCUT2D eigenvalue weighted by molar-refractivity contribution is 5.92. The van der Waals surface area contributed by atoms with Gasteiger partial charge in [0.15, 0.2) is 6.61 Å². The lowest BCUT2D eigenvalue weighted by atomic mass is 10.0. The Labute approximate surface area is 194 Å². The van der Waals surface area contributed by atoms with Crippen LogP contribution in [0.3, 0.4) is 0 Å². The van der Waals surface area contributed by atoms with Gasteiger partial charge in [-0.1, -0.05) is 60.7 Å². The zero-order chi connectivity index (χ0) is 23.0. The van der Waals surface area contributed by atoms with Crippen molar-refractivity contribution >= 4 is 11.8 Å². The molecule has 1 fully saturated rings. The molecule has 0 radical (unpaired) electrons. The van der Waals surface area contributed by atoms with Crippen molar-refractivity contribution in [3.05, 3.63) is 101 Å². The third kappa shape index (κ3) is 6.20. The minimum absolute atomic E-state index is 0.00924. The van der Waals surface area contributed by atoms with Gasteiger partial charge in [-0.25, -0.2) is 0 Å². The van der Waals surface area contributed by atoms with Crippen LogP contribution < -0.4 is 10.5 Å². The number of hydrogen-bond donors (Lipinski definition) is 1. The molecule has 0 aliphatic carbocycles. The van der Waals surface area contributed by atoms with Crippen LogP contribution in [-0.2, 0) is 17.8 Å². The maximum atomic E-state index is 12.7. The van der Waals surface area contributed by atoms with E-state index < -0.39 is 5.91 Å². The van der Waals surface area contributed by atoms with Crippen molar-refractivity contribution in [1.29, 1.82) is 0 Å². The van der Waals surface area contributed by atoms with E-state index in [4.69, 9.17) is 10.5 Å². The first-order valence-corrected chi connectivity index (χ1v) is 11.2. The molecule has 3 aromatic carbocycles. The molecule has 2 amide bonds. The Morgan fingerprint density at radius 1 is 0.788 bits per heavy atom. The highest BCUT2D eigenvalue weighted by Gasteiger charge is 2.21. The second-order valence-corrected chi connectivity index (χ2v) is 8.28. The van der Waals surface area contributed by atoms with E-state index in [2.05, 4.69) is 17.0 Å². The molecule has 0 unspecified atom stereocenters. The van der Waals surface area contributed by atoms with Crippen molar-refractivity contribution < 1.29 is 14.3 Å². The fraction of sp³-hybridized carbons (Fsp3) is 0.259. The summed E-state index contributed by atoms with van der Waals surface area (Å²) in [6, 6.07) is 25.5. The van der Waals surface area contributed by atoms with Crippen LogP contribution in [0.1, 0.15) is 27.0 Å². The average Bonchev–Trinajstić information content (AvgIpc) is 2.85. The molecule has 3 aromatic rings. The van der Waals surface area contributed by atoms with Crippen molar-refractivity contribution in [3.8, 4) is 5.75 Å². The second-order valence-electron chi connectivity index (χ2n) is 8.28. The summed E-state index contributed by atoms with van der Waals surface area (Å²) in [6.07, 6.45) is 0.768. The number of amides is 2. The summed E-state index contributed by atoms with van der Waals surface area (Å²) >= 11 is 0. The van der Waals surface area contributed by atoms with E-state index in [-0.39, 0.29) is 12.5 Å². The number of carbonyl (C=O) groups is 2. The van der Waals surface area contributed by atoms with Gasteiger partial charge in [0.1, 0.15) is 5.75 Å². The standard InChI is InChI=1S/C27H29N3O3/c28-27(32)23-12-10-22(11-13-23)19-29-14-16-30(17-15-29)26(31)20-33-25-9-5-4-8-24(25)18-21-6-2-1-3-7-21/h1-13H,14-20H2,(H2,28,32). The van der Waals surface area contributed by atoms with E-state index in [1.54, 1.807) is 12.1 Å². The Bertz CT molecular complexity index is 1080. The van der Waals surface area contributed by atoms with Crippen LogP contribution >= 0.6 is 0 Å². The number of carbonyl (C=O) groups excluding carboxylic acids is 2. The number of nitrogens with two attached hydrogens (primary N) is 1. The van der Waals surface area contributed by atoms with Gasteiger partial charge in [-0.2, -0.15) is 0 Å². The summed E-state index contributed by atoms with van der Waals surface area (Å²) < 4.78 is 5.93. The summed E-state index contributed by atoms with van der Waals surface area (Å²) in [5.41, 5.74) is 9.22. The molecule has 1 saturated heterocycles. The molecule has 0 aromatic heterocycles. The van der Waals surface area contributed by atoms with Gasteiger partial charge in [0, 0.05) is 44.7 Å². The van der Waals surface area contributed by atoms with E-state index in [1.807, 2.05) is 59.5 Å². The molecule has 170 valence electrons. The van der Waals surface area contributed by atoms with Gasteiger partial charge < -0.3 is 15.4 Å². The summed E-state index contributed by atoms with van der Waals surface area (Å²) in [6.45, 7) is 3.77. The first-order valence-electron chi connectivity index (χ1n) is 11.2. The number of rotatable bonds is 8. The first kappa shape index (κ1) is 22.6. The molecular weight excluding hydrogens is 414 g/mol. The third-order valence-electron chi connectivity index (χ3n) is 5.93. The Morgan fingerprint density at radius 2 is 1.45 bits per heavy atom. The summed E-state index contributed by atoms with van der Waals surface area (Å²) in [5, 5.41) is 0. The minimum Gasteiger partial charge on any atom is -0.483 e. The molecule has 6 nitrogen and oxygen atoms in total. The molecule has 0 spiro atoms. The maximum absolute atomic E-state index is 12.7. The van der Waals surface area contributed by atoms with Gasteiger partial charge in [-0.3, -0.25) is 14.5 Å². The van der Waals surface area contributed by atoms with Gasteiger partial charge in [-0.05, 0) is 34.9 Å². The normalized spacial score (nSPS) is 14.1. The quantitative estimate of drug-likeness (QED) is 0.581. The zero-order valence-electron chi connectivity index (χ0n) is 18.7. The number of primary amides is 1. The number of hydrogen-bond acceptors (Lipinski definition) is 4. The number of piperazine rings is 1. The minimum atomic E-state index is -0.418. The second kappa shape index (κ2) is 10.8. The van der Waals surface area contributed by atoms with Gasteiger partial charge >= 0.3 is 0 Å². The number of ether oxygens (including phenoxy) is 1. The van der Waals surface area contributed by atoms with E-state index in [0.29, 0.717) is 18.7 Å². The zero-order valence-corrected chi connectivity index (χ0v) is 18.7. The van der Waals surface area contributed by atoms with Gasteiger partial charge in [0.2, 0.25) is 5.91 Å². The average molecular weight is 444 g/mol. The smallest absolute Gasteiger partial charge is 0.260 e. The molecule has 1 heterocycles. The molecule has 0 saturated carbocycles. The molecule has 1 aliphatic heterocycles. The largest absolute Gasteiger partial charge is 0.483 e. The summed E-state index contributed by atoms with van der Waals surface area (Å²) in [5.74, 6) is 0.348. The lowest BCUT2D eigenvalue weighted by Crippen LogP contribution is -2.49. The van der Waals surface area contributed by atoms with Crippen LogP contribution in [0.25, 0.3) is 0 Å². The van der Waals surface area contributed by atoms with Crippen LogP contribution in [0.4, 0.5) is 0 Å². The number of para-hydroxylation sites is 1. The molecule has 6 heteroatoms. The van der Waals surface area contributed by atoms with E-state index in [0.717, 1.165) is 42.9 Å². The SMILES string of the molecule is NC(=O)c1ccc(CN2CCN(C(=O)COc3ccccc3Cc3ccccc3)CC2)cc1. The predicted molar refractivity (Wildman–Crippen MR) is 128 cm³/mol. The molecule has 0 atom stereocenters. The van der Waals surface area contributed by atoms with Crippen LogP contribution in [0.15, 0.2) is 78.9 Å². The van der Waals surface area contributed by atoms with Gasteiger partial charge in [0.05, 0.1) is 0 Å². The fourth-order valence-corrected chi connectivity index (χ4v) is 4.03. The molecular formula is C27H29N3O3. The lowest BCUT2D eigenvalue weighted by Gasteiger charge is -2.34. The van der Waals surface area contributed by atoms with Crippen molar-refractivity contribution in [2.75, 3.05) is 32.8 Å². The van der Waals surface area contributed by atoms with Crippen LogP contribution in [0.5, 0.6) is 5.75 Å². The van der Waals surface area contributed by atoms with E-state index in [9.17, 15) is 9.59 Å². The lowest BCUT2D eigenvalue weighted by molar-refractivity contribution is -0.135. The molecule has 2 N–H and O–H groups in total. The van der Waals surface area contributed by atoms with Crippen LogP contribution in [0.2, 0.25) is 0 Å². The van der Waals surface area contributed by atoms with Crippen molar-refractivity contribution in [3.63, 3.8) is 0 Å². The van der Waals surface area contributed by atoms with E-state index in [1.165, 1.54) is 5.56 Å². The van der Waals surface area contributed by atoms with Gasteiger partial charge in [0.25, 0.3) is 5.91 Å². The maximum Gasteiger partial charge on any atom is 0.260 e. The Morgan fingerprint density at radius 3 is 2.15 bits per heavy atom. The third-order valence-corrected chi connectivity index (χ3v) is 5.93. The summed E-state index contributed by atoms with van der Waals surface area (Å²) in [7, 11) is 0. The fourth-order valence-electron chi connectivity index (χ4n) is 4.03. The monoisotopic (exact) mass is 443 g/mol. The highest BCUT2D eigenvalue weighted by atomic mass is 16.5. The topological polar surface area (TPSA) is 75.9 Å². The highest BCUT2D eigenvalue weighted by Crippen LogP contribution is 2.21. The Kier molecular flexibility index (Phi) is 7.37. The molecule has 4 rings (SSSR count). The van der Waals surface area contributed by atoms with Crippen molar-refractivity contribution in [2.24, 2.45) is 5.73 Å². The predicted octanol–water partition coefficient (Wildman–Crippen LogP) is 3.10. The number of benzene rings is 3. The van der Waals surface area contributed by atoms with Crippen LogP contribution in [0, 0.1) is 0 Å². The van der Waals surface area contributed by atoms with Gasteiger partial charge in [-0.15, -0.1) is 0 Å². The van der Waals surface area contributed by atoms with E-state index >= 15 is 0 Å². The molecule has 1 aliphatic rings. The first-order chi connectivity index (χ1) is 16.1. The summed E-state index contributed by atoms with van der Waals surface area (Å²) in [4.78, 5) is 28.1. The molecule has 33 heavy (non-hydrogen) atoms. The van der Waals surface area contributed by atoms with Crippen molar-refractivity contribution in [1.82, 2.24) is 9.80 Å². The number of nitrogens with zero attached hydrogens (tertiary/aromatic N) is 2.